The zero-order chi connectivity index (χ0) is 24.5. The first kappa shape index (κ1) is 23.4. The Balaban J connectivity index is 1.27. The van der Waals surface area contributed by atoms with E-state index in [0.717, 1.165) is 37.8 Å². The molecular formula is C26H32N4O5. The molecule has 0 bridgehead atoms. The quantitative estimate of drug-likeness (QED) is 0.611. The van der Waals surface area contributed by atoms with Crippen LogP contribution in [0, 0.1) is 17.8 Å². The van der Waals surface area contributed by atoms with Gasteiger partial charge in [-0.15, -0.1) is 0 Å². The number of nitrogen functional groups attached to an aromatic ring is 1. The van der Waals surface area contributed by atoms with Crippen molar-refractivity contribution in [3.8, 4) is 11.9 Å². The second kappa shape index (κ2) is 9.71. The van der Waals surface area contributed by atoms with Gasteiger partial charge in [-0.05, 0) is 73.5 Å². The van der Waals surface area contributed by atoms with Crippen molar-refractivity contribution < 1.29 is 24.2 Å². The molecule has 0 saturated heterocycles. The van der Waals surface area contributed by atoms with Crippen LogP contribution >= 0.6 is 0 Å². The fourth-order valence-electron chi connectivity index (χ4n) is 5.21. The van der Waals surface area contributed by atoms with Crippen molar-refractivity contribution in [2.24, 2.45) is 17.8 Å². The number of rotatable bonds is 7. The Bertz CT molecular complexity index is 1100. The molecule has 1 aliphatic heterocycles. The molecule has 1 aromatic heterocycles. The van der Waals surface area contributed by atoms with Gasteiger partial charge < -0.3 is 25.2 Å². The van der Waals surface area contributed by atoms with Crippen LogP contribution in [0.4, 0.5) is 11.5 Å². The summed E-state index contributed by atoms with van der Waals surface area (Å²) in [5, 5.41) is 9.03. The van der Waals surface area contributed by atoms with Gasteiger partial charge >= 0.3 is 12.0 Å². The predicted octanol–water partition coefficient (Wildman–Crippen LogP) is 3.88. The summed E-state index contributed by atoms with van der Waals surface area (Å²) in [6, 6.07) is 8.17. The van der Waals surface area contributed by atoms with E-state index in [4.69, 9.17) is 20.3 Å². The minimum Gasteiger partial charge on any atom is -0.481 e. The molecule has 5 rings (SSSR count). The number of carboxylic acids is 1. The molecule has 0 radical (unpaired) electrons. The number of ether oxygens (including phenoxy) is 2. The molecule has 9 nitrogen and oxygen atoms in total. The summed E-state index contributed by atoms with van der Waals surface area (Å²) in [6.07, 6.45) is 5.23. The number of carboxylic acid groups (broad SMARTS) is 1. The number of amides is 1. The molecular weight excluding hydrogens is 448 g/mol. The summed E-state index contributed by atoms with van der Waals surface area (Å²) in [6.45, 7) is 3.36. The number of aliphatic carboxylic acids is 1. The zero-order valence-corrected chi connectivity index (χ0v) is 20.0. The van der Waals surface area contributed by atoms with Crippen LogP contribution in [0.2, 0.25) is 0 Å². The number of nitrogens with zero attached hydrogens (tertiary/aromatic N) is 3. The monoisotopic (exact) mass is 480 g/mol. The lowest BCUT2D eigenvalue weighted by atomic mass is 9.77. The maximum atomic E-state index is 13.4. The number of nitrogens with two attached hydrogens (primary N) is 1. The summed E-state index contributed by atoms with van der Waals surface area (Å²) >= 11 is 0. The number of benzene rings is 1. The largest absolute Gasteiger partial charge is 0.481 e. The van der Waals surface area contributed by atoms with Crippen LogP contribution in [-0.2, 0) is 4.79 Å². The van der Waals surface area contributed by atoms with Crippen LogP contribution in [0.1, 0.15) is 67.3 Å². The second-order valence-corrected chi connectivity index (χ2v) is 10.1. The molecule has 2 heterocycles. The smallest absolute Gasteiger partial charge is 0.321 e. The van der Waals surface area contributed by atoms with E-state index in [1.54, 1.807) is 4.90 Å². The molecule has 1 aromatic carbocycles. The fourth-order valence-corrected chi connectivity index (χ4v) is 5.21. The lowest BCUT2D eigenvalue weighted by Gasteiger charge is -2.28. The van der Waals surface area contributed by atoms with Gasteiger partial charge in [0.2, 0.25) is 5.88 Å². The Morgan fingerprint density at radius 1 is 1.20 bits per heavy atom. The second-order valence-electron chi connectivity index (χ2n) is 10.1. The van der Waals surface area contributed by atoms with Gasteiger partial charge in [0, 0.05) is 12.1 Å². The first-order valence-electron chi connectivity index (χ1n) is 12.5. The van der Waals surface area contributed by atoms with Crippen LogP contribution in [-0.4, -0.2) is 46.7 Å². The van der Waals surface area contributed by atoms with Crippen molar-refractivity contribution in [3.63, 3.8) is 0 Å². The number of fused-ring (bicyclic) bond motifs is 1. The topological polar surface area (TPSA) is 128 Å². The lowest BCUT2D eigenvalue weighted by Crippen LogP contribution is -2.32. The average molecular weight is 481 g/mol. The SMILES string of the molecule is CC1CC1COc1nc(N)c2c(n1)OCCN(c1ccc(C3CCC(CC(=O)O)CC3)cc1)C2=O. The van der Waals surface area contributed by atoms with Gasteiger partial charge in [0.05, 0.1) is 13.2 Å². The first-order valence-corrected chi connectivity index (χ1v) is 12.5. The molecule has 35 heavy (non-hydrogen) atoms. The molecule has 186 valence electrons. The molecule has 0 spiro atoms. The molecule has 2 aliphatic carbocycles. The maximum absolute atomic E-state index is 13.4. The molecule has 1 amide bonds. The Labute approximate surface area is 204 Å². The number of anilines is 2. The minimum absolute atomic E-state index is 0.0560. The van der Waals surface area contributed by atoms with E-state index >= 15 is 0 Å². The summed E-state index contributed by atoms with van der Waals surface area (Å²) in [7, 11) is 0. The Kier molecular flexibility index (Phi) is 6.49. The average Bonchev–Trinajstić information content (AvgIpc) is 3.58. The maximum Gasteiger partial charge on any atom is 0.321 e. The molecule has 2 fully saturated rings. The number of aromatic nitrogens is 2. The molecule has 3 aliphatic rings. The third-order valence-electron chi connectivity index (χ3n) is 7.58. The van der Waals surface area contributed by atoms with Crippen LogP contribution in [0.25, 0.3) is 0 Å². The Morgan fingerprint density at radius 2 is 1.91 bits per heavy atom. The number of hydrogen-bond donors (Lipinski definition) is 2. The van der Waals surface area contributed by atoms with Gasteiger partial charge in [-0.3, -0.25) is 9.59 Å². The fraction of sp³-hybridized carbons (Fsp3) is 0.538. The normalized spacial score (nSPS) is 25.9. The highest BCUT2D eigenvalue weighted by Crippen LogP contribution is 2.39. The highest BCUT2D eigenvalue weighted by atomic mass is 16.5. The van der Waals surface area contributed by atoms with E-state index in [1.165, 1.54) is 5.56 Å². The third kappa shape index (κ3) is 5.18. The molecule has 2 unspecified atom stereocenters. The lowest BCUT2D eigenvalue weighted by molar-refractivity contribution is -0.138. The van der Waals surface area contributed by atoms with Gasteiger partial charge in [-0.25, -0.2) is 0 Å². The molecule has 2 atom stereocenters. The van der Waals surface area contributed by atoms with Gasteiger partial charge in [-0.1, -0.05) is 19.1 Å². The van der Waals surface area contributed by atoms with E-state index < -0.39 is 5.97 Å². The van der Waals surface area contributed by atoms with Crippen LogP contribution in [0.5, 0.6) is 11.9 Å². The molecule has 2 aromatic rings. The molecule has 2 saturated carbocycles. The first-order chi connectivity index (χ1) is 16.9. The highest BCUT2D eigenvalue weighted by molar-refractivity contribution is 6.10. The van der Waals surface area contributed by atoms with Crippen LogP contribution < -0.4 is 20.1 Å². The van der Waals surface area contributed by atoms with Gasteiger partial charge in [0.25, 0.3) is 5.91 Å². The third-order valence-corrected chi connectivity index (χ3v) is 7.58. The van der Waals surface area contributed by atoms with E-state index in [9.17, 15) is 9.59 Å². The number of hydrogen-bond acceptors (Lipinski definition) is 7. The van der Waals surface area contributed by atoms with E-state index in [1.807, 2.05) is 12.1 Å². The van der Waals surface area contributed by atoms with Gasteiger partial charge in [0.1, 0.15) is 18.0 Å². The predicted molar refractivity (Wildman–Crippen MR) is 130 cm³/mol. The number of carbonyl (C=O) groups excluding carboxylic acids is 1. The van der Waals surface area contributed by atoms with Crippen LogP contribution in [0.15, 0.2) is 24.3 Å². The Hall–Kier alpha value is -3.36. The van der Waals surface area contributed by atoms with Gasteiger partial charge in [0.15, 0.2) is 0 Å². The molecule has 9 heteroatoms. The van der Waals surface area contributed by atoms with Crippen molar-refractivity contribution in [2.75, 3.05) is 30.4 Å². The summed E-state index contributed by atoms with van der Waals surface area (Å²) in [5.74, 6) is 1.07. The van der Waals surface area contributed by atoms with Crippen molar-refractivity contribution in [1.29, 1.82) is 0 Å². The zero-order valence-electron chi connectivity index (χ0n) is 20.0. The van der Waals surface area contributed by atoms with Crippen molar-refractivity contribution >= 4 is 23.4 Å². The molecule has 3 N–H and O–H groups in total. The summed E-state index contributed by atoms with van der Waals surface area (Å²) in [5.41, 5.74) is 8.30. The standard InChI is InChI=1S/C26H32N4O5/c1-15-12-19(15)14-35-26-28-23(27)22-24(29-26)34-11-10-30(25(22)33)20-8-6-18(7-9-20)17-4-2-16(3-5-17)13-21(31)32/h6-9,15-17,19H,2-5,10-14H2,1H3,(H,31,32)(H2,27,28,29). The van der Waals surface area contributed by atoms with Crippen molar-refractivity contribution in [2.45, 2.75) is 51.4 Å². The van der Waals surface area contributed by atoms with Gasteiger partial charge in [-0.2, -0.15) is 9.97 Å². The minimum atomic E-state index is -0.715. The number of carbonyl (C=O) groups is 2. The summed E-state index contributed by atoms with van der Waals surface area (Å²) in [4.78, 5) is 34.5. The summed E-state index contributed by atoms with van der Waals surface area (Å²) < 4.78 is 11.5. The van der Waals surface area contributed by atoms with E-state index in [2.05, 4.69) is 29.0 Å². The Morgan fingerprint density at radius 3 is 2.57 bits per heavy atom. The highest BCUT2D eigenvalue weighted by Gasteiger charge is 2.34. The van der Waals surface area contributed by atoms with Crippen molar-refractivity contribution in [3.05, 3.63) is 35.4 Å². The van der Waals surface area contributed by atoms with E-state index in [-0.39, 0.29) is 48.1 Å². The van der Waals surface area contributed by atoms with Crippen molar-refractivity contribution in [1.82, 2.24) is 9.97 Å². The van der Waals surface area contributed by atoms with E-state index in [0.29, 0.717) is 30.9 Å². The van der Waals surface area contributed by atoms with Crippen LogP contribution in [0.3, 0.4) is 0 Å².